The van der Waals surface area contributed by atoms with E-state index in [0.717, 1.165) is 0 Å². The smallest absolute Gasteiger partial charge is 0.191 e. The molecular weight excluding hydrogens is 312 g/mol. The van der Waals surface area contributed by atoms with Crippen LogP contribution in [0.2, 0.25) is 18.1 Å². The molecule has 5 nitrogen and oxygen atoms in total. The molecule has 0 aliphatic carbocycles. The Morgan fingerprint density at radius 1 is 1.17 bits per heavy atom. The van der Waals surface area contributed by atoms with Gasteiger partial charge in [-0.1, -0.05) is 27.7 Å². The molecule has 0 N–H and O–H groups in total. The van der Waals surface area contributed by atoms with Gasteiger partial charge >= 0.3 is 0 Å². The second kappa shape index (κ2) is 6.39. The zero-order valence-electron chi connectivity index (χ0n) is 16.1. The molecule has 2 fully saturated rings. The molecular formula is C17H34O5Si. The Hall–Kier alpha value is 0.0169. The highest BCUT2D eigenvalue weighted by molar-refractivity contribution is 6.74. The lowest BCUT2D eigenvalue weighted by molar-refractivity contribution is -0.223. The second-order valence-electron chi connectivity index (χ2n) is 8.82. The van der Waals surface area contributed by atoms with Crippen LogP contribution in [0.25, 0.3) is 0 Å². The molecule has 2 aliphatic heterocycles. The van der Waals surface area contributed by atoms with Gasteiger partial charge in [-0.3, -0.25) is 0 Å². The van der Waals surface area contributed by atoms with Crippen LogP contribution in [0.15, 0.2) is 0 Å². The maximum absolute atomic E-state index is 6.35. The van der Waals surface area contributed by atoms with Crippen molar-refractivity contribution in [2.24, 2.45) is 5.92 Å². The Bertz CT molecular complexity index is 418. The molecule has 0 spiro atoms. The van der Waals surface area contributed by atoms with Gasteiger partial charge in [-0.15, -0.1) is 0 Å². The molecule has 0 amide bonds. The first kappa shape index (κ1) is 19.3. The molecule has 23 heavy (non-hydrogen) atoms. The molecule has 2 heterocycles. The topological polar surface area (TPSA) is 46.2 Å². The number of hydrogen-bond donors (Lipinski definition) is 0. The molecule has 0 aromatic rings. The number of fused-ring (bicyclic) bond motifs is 1. The summed E-state index contributed by atoms with van der Waals surface area (Å²) in [6, 6.07) is 0. The zero-order valence-corrected chi connectivity index (χ0v) is 17.1. The van der Waals surface area contributed by atoms with Gasteiger partial charge in [0.15, 0.2) is 20.4 Å². The largest absolute Gasteiger partial charge is 0.416 e. The first-order valence-electron chi connectivity index (χ1n) is 8.56. The maximum atomic E-state index is 6.35. The van der Waals surface area contributed by atoms with Gasteiger partial charge in [0.1, 0.15) is 12.2 Å². The molecule has 2 saturated heterocycles. The lowest BCUT2D eigenvalue weighted by Gasteiger charge is -2.38. The van der Waals surface area contributed by atoms with Crippen LogP contribution in [-0.2, 0) is 23.4 Å². The predicted molar refractivity (Wildman–Crippen MR) is 91.8 cm³/mol. The van der Waals surface area contributed by atoms with Crippen LogP contribution in [0, 0.1) is 5.92 Å². The molecule has 0 saturated carbocycles. The van der Waals surface area contributed by atoms with E-state index in [9.17, 15) is 0 Å². The van der Waals surface area contributed by atoms with E-state index in [1.165, 1.54) is 0 Å². The Balaban J connectivity index is 1.97. The summed E-state index contributed by atoms with van der Waals surface area (Å²) >= 11 is 0. The lowest BCUT2D eigenvalue weighted by Crippen LogP contribution is -2.45. The van der Waals surface area contributed by atoms with Gasteiger partial charge in [0, 0.05) is 19.6 Å². The average Bonchev–Trinajstić information content (AvgIpc) is 2.85. The van der Waals surface area contributed by atoms with E-state index in [4.69, 9.17) is 23.4 Å². The zero-order chi connectivity index (χ0) is 17.6. The highest BCUT2D eigenvalue weighted by atomic mass is 28.4. The molecule has 0 unspecified atom stereocenters. The van der Waals surface area contributed by atoms with Crippen LogP contribution in [0.3, 0.4) is 0 Å². The fourth-order valence-electron chi connectivity index (χ4n) is 2.88. The fraction of sp³-hybridized carbons (Fsp3) is 1.00. The van der Waals surface area contributed by atoms with Crippen molar-refractivity contribution in [1.82, 2.24) is 0 Å². The van der Waals surface area contributed by atoms with Gasteiger partial charge in [-0.2, -0.15) is 0 Å². The van der Waals surface area contributed by atoms with Crippen molar-refractivity contribution in [2.75, 3.05) is 13.7 Å². The summed E-state index contributed by atoms with van der Waals surface area (Å²) in [5, 5.41) is 0.205. The molecule has 6 heteroatoms. The third-order valence-electron chi connectivity index (χ3n) is 5.37. The summed E-state index contributed by atoms with van der Waals surface area (Å²) in [5.74, 6) is -0.396. The minimum Gasteiger partial charge on any atom is -0.416 e. The third-order valence-corrected chi connectivity index (χ3v) is 9.87. The van der Waals surface area contributed by atoms with Crippen molar-refractivity contribution in [3.8, 4) is 0 Å². The van der Waals surface area contributed by atoms with Crippen LogP contribution in [0.5, 0.6) is 0 Å². The Labute approximate surface area is 142 Å². The van der Waals surface area contributed by atoms with Gasteiger partial charge in [0.25, 0.3) is 0 Å². The van der Waals surface area contributed by atoms with E-state index in [1.807, 2.05) is 13.8 Å². The average molecular weight is 347 g/mol. The lowest BCUT2D eigenvalue weighted by atomic mass is 9.99. The fourth-order valence-corrected chi connectivity index (χ4v) is 3.99. The van der Waals surface area contributed by atoms with Gasteiger partial charge in [0.05, 0.1) is 6.10 Å². The maximum Gasteiger partial charge on any atom is 0.191 e. The summed E-state index contributed by atoms with van der Waals surface area (Å²) in [5.41, 5.74) is 0. The summed E-state index contributed by atoms with van der Waals surface area (Å²) < 4.78 is 29.9. The molecule has 5 atom stereocenters. The van der Waals surface area contributed by atoms with E-state index in [-0.39, 0.29) is 35.6 Å². The Morgan fingerprint density at radius 3 is 2.30 bits per heavy atom. The highest BCUT2D eigenvalue weighted by Gasteiger charge is 2.56. The molecule has 0 aromatic heterocycles. The van der Waals surface area contributed by atoms with Crippen molar-refractivity contribution in [2.45, 2.75) is 90.1 Å². The van der Waals surface area contributed by atoms with E-state index in [2.05, 4.69) is 40.8 Å². The van der Waals surface area contributed by atoms with Crippen molar-refractivity contribution < 1.29 is 23.4 Å². The van der Waals surface area contributed by atoms with Crippen LogP contribution in [-0.4, -0.2) is 52.4 Å². The second-order valence-corrected chi connectivity index (χ2v) is 13.6. The van der Waals surface area contributed by atoms with E-state index in [0.29, 0.717) is 6.61 Å². The summed E-state index contributed by atoms with van der Waals surface area (Å²) in [7, 11) is -0.0532. The van der Waals surface area contributed by atoms with E-state index >= 15 is 0 Å². The van der Waals surface area contributed by atoms with Crippen molar-refractivity contribution in [1.29, 1.82) is 0 Å². The molecule has 2 rings (SSSR count). The molecule has 136 valence electrons. The number of rotatable bonds is 5. The molecule has 0 radical (unpaired) electrons. The normalized spacial score (nSPS) is 35.3. The van der Waals surface area contributed by atoms with Crippen LogP contribution < -0.4 is 0 Å². The number of hydrogen-bond acceptors (Lipinski definition) is 5. The van der Waals surface area contributed by atoms with Crippen molar-refractivity contribution in [3.05, 3.63) is 0 Å². The Kier molecular flexibility index (Phi) is 5.37. The molecule has 2 aliphatic rings. The van der Waals surface area contributed by atoms with Crippen LogP contribution >= 0.6 is 0 Å². The van der Waals surface area contributed by atoms with Crippen LogP contribution in [0.1, 0.15) is 41.5 Å². The van der Waals surface area contributed by atoms with Crippen molar-refractivity contribution in [3.63, 3.8) is 0 Å². The van der Waals surface area contributed by atoms with E-state index in [1.54, 1.807) is 7.11 Å². The van der Waals surface area contributed by atoms with Crippen molar-refractivity contribution >= 4 is 8.32 Å². The predicted octanol–water partition coefficient (Wildman–Crippen LogP) is 3.54. The summed E-state index contributed by atoms with van der Waals surface area (Å²) in [6.07, 6.45) is -0.721. The minimum atomic E-state index is -1.76. The van der Waals surface area contributed by atoms with Gasteiger partial charge in [-0.25, -0.2) is 0 Å². The first-order chi connectivity index (χ1) is 10.4. The number of ether oxygens (including phenoxy) is 4. The third kappa shape index (κ3) is 3.99. The van der Waals surface area contributed by atoms with E-state index < -0.39 is 14.1 Å². The summed E-state index contributed by atoms with van der Waals surface area (Å²) in [4.78, 5) is 0. The quantitative estimate of drug-likeness (QED) is 0.713. The van der Waals surface area contributed by atoms with Gasteiger partial charge in [-0.05, 0) is 32.0 Å². The molecule has 0 bridgehead atoms. The monoisotopic (exact) mass is 346 g/mol. The SMILES string of the molecule is CO[C@@H]1[C@H]2OC(C)(C)O[C@H]2O[C@@H]1[C@H](C)CO[Si](C)(C)C(C)(C)C. The Morgan fingerprint density at radius 2 is 1.78 bits per heavy atom. The van der Waals surface area contributed by atoms with Gasteiger partial charge < -0.3 is 23.4 Å². The highest BCUT2D eigenvalue weighted by Crippen LogP contribution is 2.41. The number of methoxy groups -OCH3 is 1. The summed E-state index contributed by atoms with van der Waals surface area (Å²) in [6.45, 7) is 17.9. The standard InChI is InChI=1S/C17H34O5Si/c1-11(10-19-23(8,9)16(2,3)4)12-13(18-7)14-15(20-12)22-17(5,6)21-14/h11-15H,10H2,1-9H3/t11-,12-,13+,14-,15-/m1/s1. The first-order valence-corrected chi connectivity index (χ1v) is 11.5. The molecule has 0 aromatic carbocycles. The van der Waals surface area contributed by atoms with Gasteiger partial charge in [0.2, 0.25) is 0 Å². The minimum absolute atomic E-state index is 0.0733. The van der Waals surface area contributed by atoms with Crippen LogP contribution in [0.4, 0.5) is 0 Å².